The Labute approximate surface area is 217 Å². The predicted molar refractivity (Wildman–Crippen MR) is 140 cm³/mol. The number of nitrogens with one attached hydrogen (secondary N) is 2. The molecule has 1 saturated heterocycles. The van der Waals surface area contributed by atoms with E-state index in [1.807, 2.05) is 17.8 Å². The Morgan fingerprint density at radius 1 is 1.16 bits per heavy atom. The van der Waals surface area contributed by atoms with Gasteiger partial charge in [0.05, 0.1) is 64.8 Å². The van der Waals surface area contributed by atoms with Gasteiger partial charge in [-0.15, -0.1) is 11.3 Å². The number of likely N-dealkylation sites (tertiary alicyclic amines) is 1. The number of amides is 2. The van der Waals surface area contributed by atoms with Crippen molar-refractivity contribution in [3.63, 3.8) is 0 Å². The smallest absolute Gasteiger partial charge is 0.260 e. The fraction of sp³-hybridized carbons (Fsp3) is 0.400. The summed E-state index contributed by atoms with van der Waals surface area (Å²) >= 11 is 1.46. The number of carbonyl (C=O) groups excluding carboxylic acids is 2. The van der Waals surface area contributed by atoms with Crippen LogP contribution < -0.4 is 15.4 Å². The number of fused-ring (bicyclic) bond motifs is 2. The van der Waals surface area contributed by atoms with E-state index in [1.54, 1.807) is 29.2 Å². The number of ether oxygens (including phenoxy) is 1. The highest BCUT2D eigenvalue weighted by Gasteiger charge is 2.24. The Morgan fingerprint density at radius 2 is 2.05 bits per heavy atom. The number of rotatable bonds is 6. The van der Waals surface area contributed by atoms with E-state index in [0.717, 1.165) is 53.5 Å². The first-order valence-corrected chi connectivity index (χ1v) is 13.3. The number of hydrogen-bond donors (Lipinski definition) is 2. The van der Waals surface area contributed by atoms with Gasteiger partial charge in [-0.25, -0.2) is 9.20 Å². The first-order valence-electron chi connectivity index (χ1n) is 12.4. The summed E-state index contributed by atoms with van der Waals surface area (Å²) in [6.45, 7) is 6.73. The van der Waals surface area contributed by atoms with Gasteiger partial charge >= 0.3 is 0 Å². The average Bonchev–Trinajstić information content (AvgIpc) is 3.65. The number of pyridine rings is 1. The quantitative estimate of drug-likeness (QED) is 0.400. The lowest BCUT2D eigenvalue weighted by atomic mass is 10.2. The molecule has 1 fully saturated rings. The minimum Gasteiger partial charge on any atom is -0.477 e. The lowest BCUT2D eigenvalue weighted by Gasteiger charge is -2.20. The molecule has 12 heteroatoms. The van der Waals surface area contributed by atoms with E-state index in [9.17, 15) is 9.59 Å². The third-order valence-electron chi connectivity index (χ3n) is 6.91. The first-order chi connectivity index (χ1) is 18.0. The summed E-state index contributed by atoms with van der Waals surface area (Å²) in [4.78, 5) is 34.0. The van der Waals surface area contributed by atoms with Crippen LogP contribution in [0.2, 0.25) is 0 Å². The van der Waals surface area contributed by atoms with Gasteiger partial charge in [-0.3, -0.25) is 19.5 Å². The molecule has 2 aliphatic rings. The van der Waals surface area contributed by atoms with E-state index in [0.29, 0.717) is 41.8 Å². The molecule has 0 unspecified atom stereocenters. The maximum Gasteiger partial charge on any atom is 0.260 e. The number of aryl methyl sites for hydroxylation is 2. The molecule has 0 radical (unpaired) electrons. The van der Waals surface area contributed by atoms with E-state index < -0.39 is 0 Å². The van der Waals surface area contributed by atoms with Gasteiger partial charge in [0, 0.05) is 25.2 Å². The largest absolute Gasteiger partial charge is 0.477 e. The summed E-state index contributed by atoms with van der Waals surface area (Å²) in [5.74, 6) is 0.366. The van der Waals surface area contributed by atoms with Gasteiger partial charge in [0.15, 0.2) is 0 Å². The summed E-state index contributed by atoms with van der Waals surface area (Å²) in [5, 5.41) is 14.7. The zero-order valence-corrected chi connectivity index (χ0v) is 21.5. The van der Waals surface area contributed by atoms with Crippen molar-refractivity contribution in [3.05, 3.63) is 42.1 Å². The summed E-state index contributed by atoms with van der Waals surface area (Å²) in [6.07, 6.45) is 10.0. The van der Waals surface area contributed by atoms with E-state index in [4.69, 9.17) is 4.74 Å². The molecule has 1 atom stereocenters. The summed E-state index contributed by atoms with van der Waals surface area (Å²) < 4.78 is 9.39. The topological polar surface area (TPSA) is 119 Å². The molecule has 6 heterocycles. The van der Waals surface area contributed by atoms with Crippen LogP contribution in [0.5, 0.6) is 5.88 Å². The molecule has 37 heavy (non-hydrogen) atoms. The molecule has 11 nitrogen and oxygen atoms in total. The van der Waals surface area contributed by atoms with Gasteiger partial charge in [0.1, 0.15) is 4.83 Å². The Hall–Kier alpha value is -3.77. The molecule has 2 N–H and O–H groups in total. The highest BCUT2D eigenvalue weighted by Crippen LogP contribution is 2.37. The fourth-order valence-corrected chi connectivity index (χ4v) is 5.89. The summed E-state index contributed by atoms with van der Waals surface area (Å²) in [7, 11) is 0. The molecule has 2 aliphatic heterocycles. The van der Waals surface area contributed by atoms with Gasteiger partial charge in [-0.2, -0.15) is 10.2 Å². The number of carbonyl (C=O) groups is 2. The zero-order valence-electron chi connectivity index (χ0n) is 20.7. The van der Waals surface area contributed by atoms with Crippen LogP contribution >= 0.6 is 11.3 Å². The zero-order chi connectivity index (χ0) is 25.5. The number of thiazole rings is 1. The van der Waals surface area contributed by atoms with Crippen molar-refractivity contribution < 1.29 is 14.3 Å². The first kappa shape index (κ1) is 23.6. The van der Waals surface area contributed by atoms with Gasteiger partial charge in [0.25, 0.3) is 5.91 Å². The third-order valence-corrected chi connectivity index (χ3v) is 8.05. The third kappa shape index (κ3) is 4.58. The van der Waals surface area contributed by atoms with Crippen LogP contribution in [0.3, 0.4) is 0 Å². The molecule has 192 valence electrons. The van der Waals surface area contributed by atoms with Crippen LogP contribution in [0.4, 0.5) is 11.4 Å². The maximum absolute atomic E-state index is 13.2. The van der Waals surface area contributed by atoms with Crippen LogP contribution in [-0.2, 0) is 11.3 Å². The van der Waals surface area contributed by atoms with Crippen molar-refractivity contribution in [1.82, 2.24) is 29.3 Å². The molecule has 0 aliphatic carbocycles. The fourth-order valence-electron chi connectivity index (χ4n) is 4.83. The van der Waals surface area contributed by atoms with Gasteiger partial charge in [-0.1, -0.05) is 0 Å². The van der Waals surface area contributed by atoms with Gasteiger partial charge in [0.2, 0.25) is 11.8 Å². The second-order valence-electron chi connectivity index (χ2n) is 9.51. The molecule has 0 spiro atoms. The highest BCUT2D eigenvalue weighted by atomic mass is 32.1. The molecular weight excluding hydrogens is 492 g/mol. The minimum atomic E-state index is -0.295. The summed E-state index contributed by atoms with van der Waals surface area (Å²) in [5.41, 5.74) is 3.08. The number of nitrogens with zero attached hydrogens (tertiary/aromatic N) is 6. The van der Waals surface area contributed by atoms with Crippen molar-refractivity contribution in [2.75, 3.05) is 30.3 Å². The predicted octanol–water partition coefficient (Wildman–Crippen LogP) is 3.42. The monoisotopic (exact) mass is 520 g/mol. The van der Waals surface area contributed by atoms with Crippen molar-refractivity contribution in [1.29, 1.82) is 0 Å². The number of aromatic nitrogens is 5. The summed E-state index contributed by atoms with van der Waals surface area (Å²) in [6, 6.07) is 2.15. The molecule has 0 aromatic carbocycles. The number of anilines is 2. The van der Waals surface area contributed by atoms with Crippen molar-refractivity contribution in [3.8, 4) is 16.3 Å². The SMILES string of the molecule is Cc1ncc(NC(=O)CN2CCC[C@@H]2C)cc1NC(=O)c1cnn2cc(-c3cnn4c3OCCC4)sc12. The average molecular weight is 521 g/mol. The molecule has 2 amide bonds. The van der Waals surface area contributed by atoms with Gasteiger partial charge < -0.3 is 15.4 Å². The normalized spacial score (nSPS) is 17.5. The second-order valence-corrected chi connectivity index (χ2v) is 10.5. The van der Waals surface area contributed by atoms with Crippen LogP contribution in [0.15, 0.2) is 30.9 Å². The van der Waals surface area contributed by atoms with Crippen molar-refractivity contribution in [2.24, 2.45) is 0 Å². The van der Waals surface area contributed by atoms with Crippen LogP contribution in [0.25, 0.3) is 15.3 Å². The Balaban J connectivity index is 1.19. The van der Waals surface area contributed by atoms with Crippen LogP contribution in [0.1, 0.15) is 42.2 Å². The van der Waals surface area contributed by atoms with E-state index in [-0.39, 0.29) is 11.8 Å². The Kier molecular flexibility index (Phi) is 6.13. The van der Waals surface area contributed by atoms with Crippen molar-refractivity contribution in [2.45, 2.75) is 45.7 Å². The minimum absolute atomic E-state index is 0.0903. The molecule has 0 bridgehead atoms. The Bertz CT molecular complexity index is 1490. The van der Waals surface area contributed by atoms with E-state index in [2.05, 4.69) is 37.6 Å². The molecule has 4 aromatic rings. The van der Waals surface area contributed by atoms with Crippen LogP contribution in [-0.4, -0.2) is 66.8 Å². The maximum atomic E-state index is 13.2. The second kappa shape index (κ2) is 9.60. The van der Waals surface area contributed by atoms with Crippen molar-refractivity contribution >= 4 is 39.4 Å². The van der Waals surface area contributed by atoms with E-state index in [1.165, 1.54) is 11.3 Å². The molecular formula is C25H28N8O3S. The Morgan fingerprint density at radius 3 is 2.89 bits per heavy atom. The molecule has 6 rings (SSSR count). The highest BCUT2D eigenvalue weighted by molar-refractivity contribution is 7.21. The molecule has 4 aromatic heterocycles. The standard InChI is InChI=1S/C25H28N8O3S/c1-15-5-3-6-31(15)14-22(34)29-17-9-20(16(2)26-10-17)30-23(35)19-12-28-33-13-21(37-25(19)33)18-11-27-32-7-4-8-36-24(18)32/h9-13,15H,3-8,14H2,1-2H3,(H,29,34)(H,30,35)/t15-/m0/s1. The van der Waals surface area contributed by atoms with E-state index >= 15 is 0 Å². The lowest BCUT2D eigenvalue weighted by molar-refractivity contribution is -0.117. The van der Waals surface area contributed by atoms with Crippen LogP contribution in [0, 0.1) is 6.92 Å². The lowest BCUT2D eigenvalue weighted by Crippen LogP contribution is -2.35. The van der Waals surface area contributed by atoms with Gasteiger partial charge in [-0.05, 0) is 39.3 Å². The number of hydrogen-bond acceptors (Lipinski definition) is 8. The molecule has 0 saturated carbocycles.